The summed E-state index contributed by atoms with van der Waals surface area (Å²) in [6, 6.07) is 6.31. The summed E-state index contributed by atoms with van der Waals surface area (Å²) in [6.07, 6.45) is 1.73. The number of nitrogens with one attached hydrogen (secondary N) is 1. The van der Waals surface area contributed by atoms with Crippen LogP contribution < -0.4 is 9.61 Å². The summed E-state index contributed by atoms with van der Waals surface area (Å²) in [5.41, 5.74) is 1.90. The van der Waals surface area contributed by atoms with E-state index < -0.39 is 20.1 Å². The minimum atomic E-state index is -9.84. The first-order chi connectivity index (χ1) is 14.7. The fourth-order valence-corrected chi connectivity index (χ4v) is 6.42. The normalized spacial score (nSPS) is 24.1. The molecule has 2 N–H and O–H groups in total. The number of H-pyrrole nitrogens is 1. The van der Waals surface area contributed by atoms with Crippen LogP contribution in [0.15, 0.2) is 46.1 Å². The van der Waals surface area contributed by atoms with Crippen LogP contribution in [0.25, 0.3) is 0 Å². The molecule has 172 valence electrons. The maximum atomic E-state index is 13.0. The molecule has 1 saturated carbocycles. The Bertz CT molecular complexity index is 1320. The van der Waals surface area contributed by atoms with Crippen LogP contribution in [-0.4, -0.2) is 10.1 Å². The molecule has 3 aliphatic carbocycles. The van der Waals surface area contributed by atoms with Gasteiger partial charge in [0.2, 0.25) is 5.88 Å². The number of halogens is 6. The topological polar surface area (TPSA) is 62.3 Å². The minimum absolute atomic E-state index is 0.141. The SMILES string of the molecule is O=c1[nH]c(O)c(C2c3ccc(Oc4ccc(S(F)(F)(F)(F)F)cc4Cl)cc3C3CC2C3)s1. The fourth-order valence-electron chi connectivity index (χ4n) is 4.52. The van der Waals surface area contributed by atoms with E-state index >= 15 is 0 Å². The van der Waals surface area contributed by atoms with Gasteiger partial charge < -0.3 is 9.84 Å². The van der Waals surface area contributed by atoms with Gasteiger partial charge in [0.25, 0.3) is 0 Å². The van der Waals surface area contributed by atoms with Crippen LogP contribution in [0.5, 0.6) is 17.4 Å². The van der Waals surface area contributed by atoms with E-state index in [4.69, 9.17) is 16.3 Å². The first kappa shape index (κ1) is 21.6. The van der Waals surface area contributed by atoms with Gasteiger partial charge >= 0.3 is 15.1 Å². The number of benzene rings is 2. The molecular formula is C20H15ClF5NO3S2. The molecule has 12 heteroatoms. The number of aromatic hydroxyl groups is 1. The van der Waals surface area contributed by atoms with E-state index in [2.05, 4.69) is 4.98 Å². The highest BCUT2D eigenvalue weighted by Gasteiger charge is 2.65. The number of aromatic amines is 1. The zero-order chi connectivity index (χ0) is 23.1. The molecule has 1 aromatic heterocycles. The second kappa shape index (κ2) is 6.21. The van der Waals surface area contributed by atoms with Crippen molar-refractivity contribution in [3.8, 4) is 17.4 Å². The fraction of sp³-hybridized carbons (Fsp3) is 0.250. The molecule has 1 unspecified atom stereocenters. The predicted molar refractivity (Wildman–Crippen MR) is 113 cm³/mol. The summed E-state index contributed by atoms with van der Waals surface area (Å²) < 4.78 is 70.6. The van der Waals surface area contributed by atoms with E-state index in [0.717, 1.165) is 41.4 Å². The van der Waals surface area contributed by atoms with Gasteiger partial charge in [0.05, 0.1) is 9.90 Å². The van der Waals surface area contributed by atoms with Crippen LogP contribution in [0.4, 0.5) is 19.4 Å². The molecule has 1 atom stereocenters. The Kier molecular flexibility index (Phi) is 4.19. The lowest BCUT2D eigenvalue weighted by Gasteiger charge is -2.47. The lowest BCUT2D eigenvalue weighted by atomic mass is 9.57. The zero-order valence-corrected chi connectivity index (χ0v) is 18.3. The van der Waals surface area contributed by atoms with Crippen LogP contribution in [0.2, 0.25) is 5.02 Å². The monoisotopic (exact) mass is 511 g/mol. The van der Waals surface area contributed by atoms with E-state index in [1.165, 1.54) is 0 Å². The molecule has 0 radical (unpaired) electrons. The first-order valence-electron chi connectivity index (χ1n) is 9.47. The standard InChI is InChI=1S/C20H15ClF5NO3S2/c21-15-8-12(32(22,23,24,25)26)2-4-16(15)30-11-1-3-13-14(7-11)9-5-10(6-9)17(13)18-19(28)27-20(29)31-18/h1-4,7-10,17,28H,5-6H2,(H,27,29). The third kappa shape index (κ3) is 3.65. The van der Waals surface area contributed by atoms with Gasteiger partial charge in [0, 0.05) is 5.92 Å². The molecule has 6 rings (SSSR count). The van der Waals surface area contributed by atoms with Crippen molar-refractivity contribution in [2.75, 3.05) is 0 Å². The summed E-state index contributed by atoms with van der Waals surface area (Å²) in [5, 5.41) is 9.54. The summed E-state index contributed by atoms with van der Waals surface area (Å²) >= 11 is 6.78. The van der Waals surface area contributed by atoms with Crippen molar-refractivity contribution in [3.63, 3.8) is 0 Å². The molecule has 0 amide bonds. The molecule has 0 saturated heterocycles. The number of ether oxygens (including phenoxy) is 1. The molecule has 1 fully saturated rings. The third-order valence-corrected chi connectivity index (χ3v) is 8.39. The number of thiazole rings is 1. The Hall–Kier alpha value is -2.24. The van der Waals surface area contributed by atoms with Gasteiger partial charge in [0.1, 0.15) is 16.4 Å². The van der Waals surface area contributed by atoms with Crippen LogP contribution in [0.3, 0.4) is 0 Å². The number of hydrogen-bond donors (Lipinski definition) is 2. The quantitative estimate of drug-likeness (QED) is 0.350. The zero-order valence-electron chi connectivity index (χ0n) is 16.0. The van der Waals surface area contributed by atoms with Crippen molar-refractivity contribution in [1.29, 1.82) is 0 Å². The van der Waals surface area contributed by atoms with Gasteiger partial charge in [-0.2, -0.15) is 0 Å². The van der Waals surface area contributed by atoms with E-state index in [0.29, 0.717) is 16.5 Å². The number of rotatable bonds is 4. The number of aromatic nitrogens is 1. The average molecular weight is 512 g/mol. The van der Waals surface area contributed by atoms with Crippen molar-refractivity contribution in [3.05, 3.63) is 67.1 Å². The number of hydrogen-bond acceptors (Lipinski definition) is 4. The Morgan fingerprint density at radius 1 is 1.06 bits per heavy atom. The Balaban J connectivity index is 1.48. The third-order valence-electron chi connectivity index (χ3n) is 5.99. The predicted octanol–water partition coefficient (Wildman–Crippen LogP) is 7.88. The van der Waals surface area contributed by atoms with Gasteiger partial charge in [0.15, 0.2) is 0 Å². The van der Waals surface area contributed by atoms with E-state index in [9.17, 15) is 29.3 Å². The van der Waals surface area contributed by atoms with Crippen molar-refractivity contribution < 1.29 is 29.3 Å². The van der Waals surface area contributed by atoms with Crippen molar-refractivity contribution >= 4 is 33.2 Å². The molecule has 3 aromatic rings. The second-order valence-electron chi connectivity index (χ2n) is 8.09. The second-order valence-corrected chi connectivity index (χ2v) is 11.9. The maximum Gasteiger partial charge on any atom is 0.310 e. The molecule has 4 nitrogen and oxygen atoms in total. The van der Waals surface area contributed by atoms with Crippen molar-refractivity contribution in [2.45, 2.75) is 29.6 Å². The Morgan fingerprint density at radius 3 is 2.38 bits per heavy atom. The highest BCUT2D eigenvalue weighted by Crippen LogP contribution is 3.02. The van der Waals surface area contributed by atoms with Gasteiger partial charge in [-0.3, -0.25) is 9.78 Å². The van der Waals surface area contributed by atoms with E-state index in [-0.39, 0.29) is 40.5 Å². The van der Waals surface area contributed by atoms with Gasteiger partial charge in [-0.15, -0.1) is 0 Å². The minimum Gasteiger partial charge on any atom is -0.494 e. The highest BCUT2D eigenvalue weighted by atomic mass is 35.5. The lowest BCUT2D eigenvalue weighted by molar-refractivity contribution is 0.210. The molecule has 1 heterocycles. The van der Waals surface area contributed by atoms with Gasteiger partial charge in [-0.25, -0.2) is 0 Å². The Labute approximate surface area is 187 Å². The largest absolute Gasteiger partial charge is 0.494 e. The van der Waals surface area contributed by atoms with Crippen LogP contribution in [-0.2, 0) is 0 Å². The van der Waals surface area contributed by atoms with Crippen LogP contribution in [0, 0.1) is 5.92 Å². The van der Waals surface area contributed by atoms with E-state index in [1.54, 1.807) is 18.2 Å². The lowest BCUT2D eigenvalue weighted by Crippen LogP contribution is -2.34. The summed E-state index contributed by atoms with van der Waals surface area (Å²) in [6.45, 7) is 0. The van der Waals surface area contributed by atoms with Gasteiger partial charge in [-0.1, -0.05) is 48.4 Å². The smallest absolute Gasteiger partial charge is 0.310 e. The van der Waals surface area contributed by atoms with Gasteiger partial charge in [-0.05, 0) is 66.1 Å². The highest BCUT2D eigenvalue weighted by molar-refractivity contribution is 8.45. The first-order valence-corrected chi connectivity index (χ1v) is 12.6. The summed E-state index contributed by atoms with van der Waals surface area (Å²) in [7, 11) is -9.84. The summed E-state index contributed by atoms with van der Waals surface area (Å²) in [4.78, 5) is 12.2. The molecule has 32 heavy (non-hydrogen) atoms. The maximum absolute atomic E-state index is 13.0. The van der Waals surface area contributed by atoms with Crippen molar-refractivity contribution in [2.24, 2.45) is 5.92 Å². The molecule has 2 aromatic carbocycles. The molecule has 0 aliphatic heterocycles. The van der Waals surface area contributed by atoms with Crippen LogP contribution >= 0.6 is 33.2 Å². The van der Waals surface area contributed by atoms with Crippen molar-refractivity contribution in [1.82, 2.24) is 4.98 Å². The molecule has 0 spiro atoms. The molecular weight excluding hydrogens is 497 g/mol. The summed E-state index contributed by atoms with van der Waals surface area (Å²) in [5.74, 6) is 0.383. The molecule has 3 aliphatic rings. The van der Waals surface area contributed by atoms with E-state index in [1.807, 2.05) is 0 Å². The molecule has 2 bridgehead atoms. The van der Waals surface area contributed by atoms with Crippen LogP contribution in [0.1, 0.15) is 40.7 Å². The Morgan fingerprint density at radius 2 is 1.78 bits per heavy atom. The average Bonchev–Trinajstić information content (AvgIpc) is 2.97.